The Morgan fingerprint density at radius 1 is 1.07 bits per heavy atom. The van der Waals surface area contributed by atoms with Crippen LogP contribution in [0.15, 0.2) is 36.4 Å². The number of anilines is 1. The Bertz CT molecular complexity index is 538. The maximum absolute atomic E-state index is 5.95. The Hall–Kier alpha value is -1.76. The second-order valence-electron chi connectivity index (χ2n) is 3.69. The van der Waals surface area contributed by atoms with Gasteiger partial charge in [-0.1, -0.05) is 36.4 Å². The van der Waals surface area contributed by atoms with Gasteiger partial charge < -0.3 is 5.73 Å². The van der Waals surface area contributed by atoms with Gasteiger partial charge in [0.25, 0.3) is 0 Å². The van der Waals surface area contributed by atoms with E-state index in [0.717, 1.165) is 12.1 Å². The minimum atomic E-state index is 0.876. The van der Waals surface area contributed by atoms with E-state index in [4.69, 9.17) is 5.73 Å². The van der Waals surface area contributed by atoms with Gasteiger partial charge in [-0.2, -0.15) is 0 Å². The van der Waals surface area contributed by atoms with Crippen LogP contribution < -0.4 is 5.73 Å². The molecule has 2 N–H and O–H groups in total. The van der Waals surface area contributed by atoms with Crippen LogP contribution in [0.25, 0.3) is 16.8 Å². The van der Waals surface area contributed by atoms with Gasteiger partial charge in [-0.25, -0.2) is 0 Å². The molecule has 0 bridgehead atoms. The van der Waals surface area contributed by atoms with Gasteiger partial charge in [0.1, 0.15) is 0 Å². The van der Waals surface area contributed by atoms with Crippen molar-refractivity contribution in [1.82, 2.24) is 0 Å². The van der Waals surface area contributed by atoms with Crippen LogP contribution in [0.1, 0.15) is 11.1 Å². The Labute approximate surface area is 82.9 Å². The third kappa shape index (κ3) is 0.896. The van der Waals surface area contributed by atoms with Gasteiger partial charge in [0.15, 0.2) is 0 Å². The Kier molecular flexibility index (Phi) is 1.42. The van der Waals surface area contributed by atoms with Gasteiger partial charge in [-0.3, -0.25) is 0 Å². The van der Waals surface area contributed by atoms with Crippen molar-refractivity contribution in [2.45, 2.75) is 6.42 Å². The first-order valence-electron chi connectivity index (χ1n) is 4.83. The predicted molar refractivity (Wildman–Crippen MR) is 61.1 cm³/mol. The van der Waals surface area contributed by atoms with E-state index in [0.29, 0.717) is 0 Å². The summed E-state index contributed by atoms with van der Waals surface area (Å²) in [6, 6.07) is 10.4. The number of allylic oxidation sites excluding steroid dienone is 1. The fourth-order valence-corrected chi connectivity index (χ4v) is 2.16. The predicted octanol–water partition coefficient (Wildman–Crippen LogP) is 2.99. The van der Waals surface area contributed by atoms with Crippen LogP contribution >= 0.6 is 0 Å². The first kappa shape index (κ1) is 7.63. The SMILES string of the molecule is Nc1ccc2c3c(cccc13)CC=C2. The molecule has 1 aliphatic rings. The highest BCUT2D eigenvalue weighted by atomic mass is 14.5. The van der Waals surface area contributed by atoms with Crippen LogP contribution in [0.2, 0.25) is 0 Å². The standard InChI is InChI=1S/C13H11N/c14-12-8-7-10-4-1-3-9-5-2-6-11(12)13(9)10/h1-2,4-8H,3,14H2. The lowest BCUT2D eigenvalue weighted by atomic mass is 9.92. The van der Waals surface area contributed by atoms with E-state index < -0.39 is 0 Å². The maximum atomic E-state index is 5.95. The summed E-state index contributed by atoms with van der Waals surface area (Å²) in [6.45, 7) is 0. The average Bonchev–Trinajstić information content (AvgIpc) is 2.24. The molecule has 0 fully saturated rings. The summed E-state index contributed by atoms with van der Waals surface area (Å²) >= 11 is 0. The van der Waals surface area contributed by atoms with E-state index in [9.17, 15) is 0 Å². The Balaban J connectivity index is 2.56. The first-order valence-corrected chi connectivity index (χ1v) is 4.83. The van der Waals surface area contributed by atoms with E-state index >= 15 is 0 Å². The van der Waals surface area contributed by atoms with E-state index in [2.05, 4.69) is 36.4 Å². The highest BCUT2D eigenvalue weighted by molar-refractivity contribution is 6.01. The van der Waals surface area contributed by atoms with Crippen LogP contribution in [0.5, 0.6) is 0 Å². The smallest absolute Gasteiger partial charge is 0.0394 e. The zero-order chi connectivity index (χ0) is 9.54. The molecule has 0 heterocycles. The van der Waals surface area contributed by atoms with E-state index in [1.54, 1.807) is 0 Å². The molecule has 68 valence electrons. The second kappa shape index (κ2) is 2.61. The summed E-state index contributed by atoms with van der Waals surface area (Å²) in [5, 5.41) is 2.51. The number of rotatable bonds is 0. The van der Waals surface area contributed by atoms with Crippen LogP contribution in [0.3, 0.4) is 0 Å². The zero-order valence-corrected chi connectivity index (χ0v) is 7.83. The fourth-order valence-electron chi connectivity index (χ4n) is 2.16. The summed E-state index contributed by atoms with van der Waals surface area (Å²) in [5.41, 5.74) is 9.49. The summed E-state index contributed by atoms with van der Waals surface area (Å²) in [5.74, 6) is 0. The molecular formula is C13H11N. The Morgan fingerprint density at radius 2 is 2.00 bits per heavy atom. The molecule has 0 saturated carbocycles. The van der Waals surface area contributed by atoms with Crippen molar-refractivity contribution in [1.29, 1.82) is 0 Å². The van der Waals surface area contributed by atoms with Gasteiger partial charge in [-0.15, -0.1) is 0 Å². The van der Waals surface area contributed by atoms with Crippen molar-refractivity contribution in [3.8, 4) is 0 Å². The molecule has 0 radical (unpaired) electrons. The van der Waals surface area contributed by atoms with Gasteiger partial charge in [0.2, 0.25) is 0 Å². The monoisotopic (exact) mass is 181 g/mol. The molecule has 2 aromatic rings. The number of nitrogens with two attached hydrogens (primary N) is 1. The van der Waals surface area contributed by atoms with Gasteiger partial charge >= 0.3 is 0 Å². The highest BCUT2D eigenvalue weighted by Gasteiger charge is 2.08. The molecule has 0 atom stereocenters. The molecule has 0 saturated heterocycles. The maximum Gasteiger partial charge on any atom is 0.0394 e. The molecule has 0 aromatic heterocycles. The third-order valence-corrected chi connectivity index (χ3v) is 2.83. The quantitative estimate of drug-likeness (QED) is 0.621. The molecule has 3 rings (SSSR count). The molecule has 0 amide bonds. The van der Waals surface area contributed by atoms with E-state index in [1.807, 2.05) is 6.07 Å². The number of hydrogen-bond acceptors (Lipinski definition) is 1. The second-order valence-corrected chi connectivity index (χ2v) is 3.69. The van der Waals surface area contributed by atoms with Crippen LogP contribution in [-0.2, 0) is 6.42 Å². The largest absolute Gasteiger partial charge is 0.398 e. The molecule has 0 unspecified atom stereocenters. The van der Waals surface area contributed by atoms with Crippen molar-refractivity contribution in [3.63, 3.8) is 0 Å². The lowest BCUT2D eigenvalue weighted by molar-refractivity contribution is 1.29. The number of hydrogen-bond donors (Lipinski definition) is 1. The first-order chi connectivity index (χ1) is 6.86. The van der Waals surface area contributed by atoms with Crippen LogP contribution in [0.4, 0.5) is 5.69 Å². The van der Waals surface area contributed by atoms with Crippen molar-refractivity contribution < 1.29 is 0 Å². The lowest BCUT2D eigenvalue weighted by Gasteiger charge is -2.13. The molecule has 14 heavy (non-hydrogen) atoms. The van der Waals surface area contributed by atoms with E-state index in [-0.39, 0.29) is 0 Å². The topological polar surface area (TPSA) is 26.0 Å². The van der Waals surface area contributed by atoms with Gasteiger partial charge in [-0.05, 0) is 29.0 Å². The average molecular weight is 181 g/mol. The van der Waals surface area contributed by atoms with Crippen LogP contribution in [-0.4, -0.2) is 0 Å². The summed E-state index contributed by atoms with van der Waals surface area (Å²) in [7, 11) is 0. The summed E-state index contributed by atoms with van der Waals surface area (Å²) in [6.07, 6.45) is 5.40. The van der Waals surface area contributed by atoms with Crippen molar-refractivity contribution in [2.24, 2.45) is 0 Å². The number of nitrogen functional groups attached to an aromatic ring is 1. The highest BCUT2D eigenvalue weighted by Crippen LogP contribution is 2.31. The number of benzene rings is 2. The molecule has 1 heteroatoms. The third-order valence-electron chi connectivity index (χ3n) is 2.83. The molecule has 2 aromatic carbocycles. The van der Waals surface area contributed by atoms with Crippen molar-refractivity contribution in [3.05, 3.63) is 47.5 Å². The zero-order valence-electron chi connectivity index (χ0n) is 7.83. The van der Waals surface area contributed by atoms with Gasteiger partial charge in [0.05, 0.1) is 0 Å². The fraction of sp³-hybridized carbons (Fsp3) is 0.0769. The summed E-state index contributed by atoms with van der Waals surface area (Å²) < 4.78 is 0. The van der Waals surface area contributed by atoms with Crippen molar-refractivity contribution >= 4 is 22.5 Å². The normalized spacial score (nSPS) is 13.4. The summed E-state index contributed by atoms with van der Waals surface area (Å²) in [4.78, 5) is 0. The lowest BCUT2D eigenvalue weighted by Crippen LogP contribution is -1.95. The minimum absolute atomic E-state index is 0.876. The van der Waals surface area contributed by atoms with Crippen LogP contribution in [0, 0.1) is 0 Å². The van der Waals surface area contributed by atoms with Crippen molar-refractivity contribution in [2.75, 3.05) is 5.73 Å². The van der Waals surface area contributed by atoms with E-state index in [1.165, 1.54) is 21.9 Å². The molecule has 0 aliphatic heterocycles. The van der Waals surface area contributed by atoms with Gasteiger partial charge in [0, 0.05) is 11.1 Å². The molecular weight excluding hydrogens is 170 g/mol. The minimum Gasteiger partial charge on any atom is -0.398 e. The molecule has 1 nitrogen and oxygen atoms in total. The molecule has 1 aliphatic carbocycles. The Morgan fingerprint density at radius 3 is 2.93 bits per heavy atom. The molecule has 0 spiro atoms.